The zero-order valence-electron chi connectivity index (χ0n) is 14.0. The average Bonchev–Trinajstić information content (AvgIpc) is 2.61. The Morgan fingerprint density at radius 3 is 2.41 bits per heavy atom. The fraction of sp³-hybridized carbons (Fsp3) is 0.222. The number of rotatable bonds is 5. The largest absolute Gasteiger partial charge is 0.416 e. The van der Waals surface area contributed by atoms with E-state index in [1.54, 1.807) is 6.92 Å². The van der Waals surface area contributed by atoms with Crippen molar-refractivity contribution in [3.05, 3.63) is 69.2 Å². The summed E-state index contributed by atoms with van der Waals surface area (Å²) in [5, 5.41) is 5.43. The van der Waals surface area contributed by atoms with Gasteiger partial charge in [-0.05, 0) is 42.8 Å². The number of carbonyl (C=O) groups is 2. The molecule has 0 aliphatic carbocycles. The smallest absolute Gasteiger partial charge is 0.348 e. The van der Waals surface area contributed by atoms with E-state index < -0.39 is 29.6 Å². The molecule has 0 radical (unpaired) electrons. The molecule has 0 aliphatic heterocycles. The lowest BCUT2D eigenvalue weighted by Crippen LogP contribution is -2.38. The highest BCUT2D eigenvalue weighted by Gasteiger charge is 2.30. The summed E-state index contributed by atoms with van der Waals surface area (Å²) in [6.07, 6.45) is -4.46. The van der Waals surface area contributed by atoms with Crippen molar-refractivity contribution in [3.8, 4) is 0 Å². The highest BCUT2D eigenvalue weighted by atomic mass is 35.5. The minimum Gasteiger partial charge on any atom is -0.348 e. The molecular weight excluding hydrogens is 404 g/mol. The van der Waals surface area contributed by atoms with Crippen LogP contribution >= 0.6 is 23.2 Å². The lowest BCUT2D eigenvalue weighted by molar-refractivity contribution is -0.137. The van der Waals surface area contributed by atoms with Crippen LogP contribution in [0.2, 0.25) is 10.0 Å². The zero-order valence-corrected chi connectivity index (χ0v) is 15.5. The van der Waals surface area contributed by atoms with E-state index in [0.717, 1.165) is 12.1 Å². The van der Waals surface area contributed by atoms with Gasteiger partial charge in [-0.1, -0.05) is 35.3 Å². The molecule has 0 spiro atoms. The van der Waals surface area contributed by atoms with Crippen molar-refractivity contribution >= 4 is 35.0 Å². The molecule has 9 heteroatoms. The Morgan fingerprint density at radius 1 is 1.07 bits per heavy atom. The van der Waals surface area contributed by atoms with Crippen LogP contribution in [-0.2, 0) is 11.0 Å². The Balaban J connectivity index is 1.93. The molecule has 2 rings (SSSR count). The van der Waals surface area contributed by atoms with Crippen LogP contribution < -0.4 is 10.6 Å². The van der Waals surface area contributed by atoms with Crippen LogP contribution in [0.5, 0.6) is 0 Å². The van der Waals surface area contributed by atoms with Gasteiger partial charge in [0, 0.05) is 5.56 Å². The van der Waals surface area contributed by atoms with Crippen LogP contribution in [0.3, 0.4) is 0 Å². The third-order valence-electron chi connectivity index (χ3n) is 3.68. The number of alkyl halides is 3. The van der Waals surface area contributed by atoms with Crippen molar-refractivity contribution in [1.29, 1.82) is 0 Å². The summed E-state index contributed by atoms with van der Waals surface area (Å²) >= 11 is 11.6. The lowest BCUT2D eigenvalue weighted by atomic mass is 10.0. The van der Waals surface area contributed by atoms with E-state index in [2.05, 4.69) is 10.6 Å². The van der Waals surface area contributed by atoms with Gasteiger partial charge in [0.05, 0.1) is 28.2 Å². The van der Waals surface area contributed by atoms with Gasteiger partial charge in [0.15, 0.2) is 0 Å². The van der Waals surface area contributed by atoms with Crippen LogP contribution in [0.1, 0.15) is 34.5 Å². The topological polar surface area (TPSA) is 58.2 Å². The zero-order chi connectivity index (χ0) is 20.2. The Kier molecular flexibility index (Phi) is 6.73. The molecule has 0 saturated heterocycles. The van der Waals surface area contributed by atoms with Gasteiger partial charge in [0.2, 0.25) is 5.91 Å². The first-order valence-electron chi connectivity index (χ1n) is 7.77. The van der Waals surface area contributed by atoms with E-state index in [9.17, 15) is 22.8 Å². The van der Waals surface area contributed by atoms with Crippen LogP contribution in [-0.4, -0.2) is 18.4 Å². The normalized spacial score (nSPS) is 12.4. The van der Waals surface area contributed by atoms with Gasteiger partial charge >= 0.3 is 6.18 Å². The van der Waals surface area contributed by atoms with Gasteiger partial charge in [-0.15, -0.1) is 0 Å². The molecule has 4 nitrogen and oxygen atoms in total. The minimum atomic E-state index is -4.46. The van der Waals surface area contributed by atoms with Gasteiger partial charge in [-0.2, -0.15) is 13.2 Å². The molecule has 0 bridgehead atoms. The molecule has 0 saturated carbocycles. The fourth-order valence-electron chi connectivity index (χ4n) is 2.26. The fourth-order valence-corrected chi connectivity index (χ4v) is 2.56. The summed E-state index contributed by atoms with van der Waals surface area (Å²) < 4.78 is 38.3. The summed E-state index contributed by atoms with van der Waals surface area (Å²) in [5.41, 5.74) is -0.272. The molecule has 27 heavy (non-hydrogen) atoms. The second kappa shape index (κ2) is 8.63. The van der Waals surface area contributed by atoms with E-state index >= 15 is 0 Å². The maximum Gasteiger partial charge on any atom is 0.416 e. The van der Waals surface area contributed by atoms with Crippen molar-refractivity contribution < 1.29 is 22.8 Å². The Bertz CT molecular complexity index is 857. The third-order valence-corrected chi connectivity index (χ3v) is 4.42. The maximum absolute atomic E-state index is 12.8. The summed E-state index contributed by atoms with van der Waals surface area (Å²) in [4.78, 5) is 24.0. The minimum absolute atomic E-state index is 0.201. The van der Waals surface area contributed by atoms with Crippen LogP contribution in [0, 0.1) is 0 Å². The number of hydrogen-bond donors (Lipinski definition) is 2. The van der Waals surface area contributed by atoms with E-state index in [-0.39, 0.29) is 17.1 Å². The predicted octanol–water partition coefficient (Wildman–Crippen LogP) is 4.62. The SMILES string of the molecule is CC(NC(=O)CNC(=O)c1ccc(Cl)c(Cl)c1)c1cccc(C(F)(F)F)c1. The number of nitrogens with one attached hydrogen (secondary N) is 2. The number of carbonyl (C=O) groups excluding carboxylic acids is 2. The molecule has 0 heterocycles. The number of hydrogen-bond acceptors (Lipinski definition) is 2. The molecule has 1 atom stereocenters. The van der Waals surface area contributed by atoms with E-state index in [0.29, 0.717) is 10.6 Å². The van der Waals surface area contributed by atoms with Crippen molar-refractivity contribution in [1.82, 2.24) is 10.6 Å². The van der Waals surface area contributed by atoms with Crippen molar-refractivity contribution in [3.63, 3.8) is 0 Å². The van der Waals surface area contributed by atoms with Crippen molar-refractivity contribution in [2.45, 2.75) is 19.1 Å². The van der Waals surface area contributed by atoms with E-state index in [1.165, 1.54) is 30.3 Å². The molecule has 2 aromatic carbocycles. The second-order valence-corrected chi connectivity index (χ2v) is 6.54. The van der Waals surface area contributed by atoms with Gasteiger partial charge in [-0.25, -0.2) is 0 Å². The Morgan fingerprint density at radius 2 is 1.78 bits per heavy atom. The van der Waals surface area contributed by atoms with Crippen LogP contribution in [0.25, 0.3) is 0 Å². The molecule has 144 valence electrons. The first kappa shape index (κ1) is 21.1. The van der Waals surface area contributed by atoms with Gasteiger partial charge in [0.25, 0.3) is 5.91 Å². The maximum atomic E-state index is 12.8. The van der Waals surface area contributed by atoms with Crippen LogP contribution in [0.15, 0.2) is 42.5 Å². The number of benzene rings is 2. The summed E-state index contributed by atoms with van der Waals surface area (Å²) in [6, 6.07) is 8.28. The van der Waals surface area contributed by atoms with Gasteiger partial charge in [0.1, 0.15) is 0 Å². The molecular formula is C18H15Cl2F3N2O2. The number of halogens is 5. The summed E-state index contributed by atoms with van der Waals surface area (Å²) in [5.74, 6) is -1.08. The van der Waals surface area contributed by atoms with E-state index in [4.69, 9.17) is 23.2 Å². The average molecular weight is 419 g/mol. The highest BCUT2D eigenvalue weighted by molar-refractivity contribution is 6.42. The van der Waals surface area contributed by atoms with E-state index in [1.807, 2.05) is 0 Å². The highest BCUT2D eigenvalue weighted by Crippen LogP contribution is 2.30. The Labute approximate surface area is 163 Å². The Hall–Kier alpha value is -2.25. The van der Waals surface area contributed by atoms with Crippen molar-refractivity contribution in [2.24, 2.45) is 0 Å². The quantitative estimate of drug-likeness (QED) is 0.743. The molecule has 2 aromatic rings. The van der Waals surface area contributed by atoms with Crippen molar-refractivity contribution in [2.75, 3.05) is 6.54 Å². The molecule has 2 N–H and O–H groups in total. The first-order chi connectivity index (χ1) is 12.6. The molecule has 1 unspecified atom stereocenters. The first-order valence-corrected chi connectivity index (χ1v) is 8.53. The molecule has 0 aromatic heterocycles. The monoisotopic (exact) mass is 418 g/mol. The third kappa shape index (κ3) is 5.87. The molecule has 0 fully saturated rings. The standard InChI is InChI=1S/C18H15Cl2F3N2O2/c1-10(11-3-2-4-13(7-11)18(21,22)23)25-16(26)9-24-17(27)12-5-6-14(19)15(20)8-12/h2-8,10H,9H2,1H3,(H,24,27)(H,25,26). The lowest BCUT2D eigenvalue weighted by Gasteiger charge is -2.16. The number of amides is 2. The molecule has 2 amide bonds. The second-order valence-electron chi connectivity index (χ2n) is 5.72. The van der Waals surface area contributed by atoms with Gasteiger partial charge < -0.3 is 10.6 Å². The summed E-state index contributed by atoms with van der Waals surface area (Å²) in [6.45, 7) is 1.20. The molecule has 0 aliphatic rings. The van der Waals surface area contributed by atoms with Gasteiger partial charge in [-0.3, -0.25) is 9.59 Å². The van der Waals surface area contributed by atoms with Crippen LogP contribution in [0.4, 0.5) is 13.2 Å². The summed E-state index contributed by atoms with van der Waals surface area (Å²) in [7, 11) is 0. The predicted molar refractivity (Wildman–Crippen MR) is 96.8 cm³/mol.